The fourth-order valence-corrected chi connectivity index (χ4v) is 1.87. The zero-order chi connectivity index (χ0) is 13.8. The number of esters is 1. The topological polar surface area (TPSA) is 57.0 Å². The van der Waals surface area contributed by atoms with Crippen molar-refractivity contribution in [3.05, 3.63) is 47.8 Å². The normalized spacial score (nSPS) is 12.2. The molecule has 1 unspecified atom stereocenters. The van der Waals surface area contributed by atoms with E-state index < -0.39 is 17.7 Å². The van der Waals surface area contributed by atoms with Gasteiger partial charge in [0.15, 0.2) is 0 Å². The van der Waals surface area contributed by atoms with Crippen LogP contribution in [0.3, 0.4) is 0 Å². The number of hydrogen-bond donors (Lipinski definition) is 0. The third kappa shape index (κ3) is 2.78. The van der Waals surface area contributed by atoms with Gasteiger partial charge in [-0.3, -0.25) is 9.48 Å². The lowest BCUT2D eigenvalue weighted by Crippen LogP contribution is -2.21. The molecule has 1 aromatic carbocycles. The zero-order valence-electron chi connectivity index (χ0n) is 10.7. The first-order chi connectivity index (χ1) is 9.13. The summed E-state index contributed by atoms with van der Waals surface area (Å²) in [5.74, 6) is -1.23. The molecule has 0 saturated carbocycles. The lowest BCUT2D eigenvalue weighted by Gasteiger charge is -2.15. The number of carbonyl (C=O) groups is 1. The van der Waals surface area contributed by atoms with Gasteiger partial charge in [-0.15, -0.1) is 0 Å². The number of halogens is 1. The number of aromatic nitrogens is 3. The van der Waals surface area contributed by atoms with Crippen molar-refractivity contribution in [2.75, 3.05) is 6.61 Å². The van der Waals surface area contributed by atoms with Gasteiger partial charge in [0.2, 0.25) is 0 Å². The molecule has 0 saturated heterocycles. The van der Waals surface area contributed by atoms with Gasteiger partial charge in [-0.05, 0) is 24.6 Å². The van der Waals surface area contributed by atoms with Crippen LogP contribution < -0.4 is 0 Å². The molecule has 0 bridgehead atoms. The van der Waals surface area contributed by atoms with Crippen LogP contribution in [0.15, 0.2) is 30.6 Å². The smallest absolute Gasteiger partial charge is 0.321 e. The van der Waals surface area contributed by atoms with Crippen LogP contribution in [0.5, 0.6) is 0 Å². The summed E-state index contributed by atoms with van der Waals surface area (Å²) >= 11 is 0. The Kier molecular flexibility index (Phi) is 3.89. The predicted octanol–water partition coefficient (Wildman–Crippen LogP) is 1.65. The first-order valence-electron chi connectivity index (χ1n) is 5.89. The van der Waals surface area contributed by atoms with Gasteiger partial charge < -0.3 is 4.74 Å². The molecule has 6 heteroatoms. The Morgan fingerprint density at radius 3 is 2.89 bits per heavy atom. The summed E-state index contributed by atoms with van der Waals surface area (Å²) in [4.78, 5) is 16.1. The maximum atomic E-state index is 13.3. The molecule has 0 aliphatic heterocycles. The maximum Gasteiger partial charge on any atom is 0.321 e. The Morgan fingerprint density at radius 1 is 1.53 bits per heavy atom. The van der Waals surface area contributed by atoms with Gasteiger partial charge in [0.05, 0.1) is 6.61 Å². The van der Waals surface area contributed by atoms with E-state index >= 15 is 0 Å². The Bertz CT molecular complexity index is 583. The molecular formula is C13H14FN3O2. The second-order valence-corrected chi connectivity index (χ2v) is 3.98. The van der Waals surface area contributed by atoms with Gasteiger partial charge in [-0.1, -0.05) is 12.1 Å². The Hall–Kier alpha value is -2.24. The van der Waals surface area contributed by atoms with Crippen LogP contribution in [-0.2, 0) is 16.6 Å². The highest BCUT2D eigenvalue weighted by Crippen LogP contribution is 2.24. The fourth-order valence-electron chi connectivity index (χ4n) is 1.87. The molecule has 0 spiro atoms. The largest absolute Gasteiger partial charge is 0.465 e. The molecular weight excluding hydrogens is 249 g/mol. The van der Waals surface area contributed by atoms with Crippen LogP contribution in [0, 0.1) is 5.82 Å². The minimum absolute atomic E-state index is 0.252. The van der Waals surface area contributed by atoms with Crippen molar-refractivity contribution in [3.63, 3.8) is 0 Å². The molecule has 19 heavy (non-hydrogen) atoms. The van der Waals surface area contributed by atoms with Gasteiger partial charge in [0.25, 0.3) is 0 Å². The third-order valence-corrected chi connectivity index (χ3v) is 2.71. The van der Waals surface area contributed by atoms with Crippen LogP contribution >= 0.6 is 0 Å². The van der Waals surface area contributed by atoms with Crippen LogP contribution in [0.1, 0.15) is 24.2 Å². The van der Waals surface area contributed by atoms with Crippen molar-refractivity contribution in [1.82, 2.24) is 14.8 Å². The Morgan fingerprint density at radius 2 is 2.32 bits per heavy atom. The van der Waals surface area contributed by atoms with Crippen molar-refractivity contribution < 1.29 is 13.9 Å². The molecule has 2 rings (SSSR count). The number of aryl methyl sites for hydroxylation is 1. The van der Waals surface area contributed by atoms with Gasteiger partial charge in [-0.25, -0.2) is 9.37 Å². The molecule has 2 aromatic rings. The minimum atomic E-state index is -0.775. The summed E-state index contributed by atoms with van der Waals surface area (Å²) < 4.78 is 19.8. The highest BCUT2D eigenvalue weighted by molar-refractivity contribution is 5.81. The van der Waals surface area contributed by atoms with E-state index in [4.69, 9.17) is 4.74 Å². The average Bonchev–Trinajstić information content (AvgIpc) is 2.77. The highest BCUT2D eigenvalue weighted by atomic mass is 19.1. The first-order valence-corrected chi connectivity index (χ1v) is 5.89. The van der Waals surface area contributed by atoms with E-state index in [9.17, 15) is 9.18 Å². The second-order valence-electron chi connectivity index (χ2n) is 3.98. The Labute approximate surface area is 110 Å². The van der Waals surface area contributed by atoms with Crippen molar-refractivity contribution >= 4 is 5.97 Å². The van der Waals surface area contributed by atoms with Crippen LogP contribution in [0.2, 0.25) is 0 Å². The molecule has 0 fully saturated rings. The van der Waals surface area contributed by atoms with E-state index in [1.54, 1.807) is 26.1 Å². The summed E-state index contributed by atoms with van der Waals surface area (Å²) in [5.41, 5.74) is 0.495. The summed E-state index contributed by atoms with van der Waals surface area (Å²) in [7, 11) is 1.67. The number of ether oxygens (including phenoxy) is 1. The number of benzene rings is 1. The van der Waals surface area contributed by atoms with Gasteiger partial charge >= 0.3 is 5.97 Å². The molecule has 0 radical (unpaired) electrons. The first kappa shape index (κ1) is 13.2. The maximum absolute atomic E-state index is 13.3. The summed E-state index contributed by atoms with van der Waals surface area (Å²) in [6, 6.07) is 5.84. The quantitative estimate of drug-likeness (QED) is 0.787. The van der Waals surface area contributed by atoms with Crippen molar-refractivity contribution in [2.45, 2.75) is 12.8 Å². The lowest BCUT2D eigenvalue weighted by atomic mass is 9.98. The minimum Gasteiger partial charge on any atom is -0.465 e. The zero-order valence-corrected chi connectivity index (χ0v) is 10.7. The second kappa shape index (κ2) is 5.60. The standard InChI is InChI=1S/C13H14FN3O2/c1-3-19-13(18)11(12-15-8-16-17(12)2)9-5-4-6-10(14)7-9/h4-8,11H,3H2,1-2H3. The fraction of sp³-hybridized carbons (Fsp3) is 0.308. The lowest BCUT2D eigenvalue weighted by molar-refractivity contribution is -0.144. The molecule has 1 atom stereocenters. The van der Waals surface area contributed by atoms with E-state index in [0.717, 1.165) is 0 Å². The van der Waals surface area contributed by atoms with E-state index in [-0.39, 0.29) is 6.61 Å². The number of rotatable bonds is 4. The van der Waals surface area contributed by atoms with Crippen molar-refractivity contribution in [3.8, 4) is 0 Å². The number of hydrogen-bond acceptors (Lipinski definition) is 4. The summed E-state index contributed by atoms with van der Waals surface area (Å²) in [6.45, 7) is 1.97. The monoisotopic (exact) mass is 263 g/mol. The average molecular weight is 263 g/mol. The molecule has 5 nitrogen and oxygen atoms in total. The van der Waals surface area contributed by atoms with Gasteiger partial charge in [0.1, 0.15) is 23.9 Å². The van der Waals surface area contributed by atoms with Crippen molar-refractivity contribution in [2.24, 2.45) is 7.05 Å². The van der Waals surface area contributed by atoms with Crippen LogP contribution in [0.4, 0.5) is 4.39 Å². The molecule has 0 aliphatic carbocycles. The van der Waals surface area contributed by atoms with E-state index in [1.165, 1.54) is 23.1 Å². The van der Waals surface area contributed by atoms with E-state index in [2.05, 4.69) is 10.1 Å². The molecule has 0 aliphatic rings. The number of nitrogens with zero attached hydrogens (tertiary/aromatic N) is 3. The summed E-state index contributed by atoms with van der Waals surface area (Å²) in [5, 5.41) is 3.93. The summed E-state index contributed by atoms with van der Waals surface area (Å²) in [6.07, 6.45) is 1.35. The highest BCUT2D eigenvalue weighted by Gasteiger charge is 2.28. The molecule has 100 valence electrons. The van der Waals surface area contributed by atoms with Crippen LogP contribution in [-0.4, -0.2) is 27.3 Å². The third-order valence-electron chi connectivity index (χ3n) is 2.71. The van der Waals surface area contributed by atoms with Gasteiger partial charge in [-0.2, -0.15) is 5.10 Å². The number of carbonyl (C=O) groups excluding carboxylic acids is 1. The molecule has 1 heterocycles. The predicted molar refractivity (Wildman–Crippen MR) is 65.9 cm³/mol. The molecule has 0 N–H and O–H groups in total. The van der Waals surface area contributed by atoms with Gasteiger partial charge in [0, 0.05) is 7.05 Å². The Balaban J connectivity index is 2.46. The molecule has 1 aromatic heterocycles. The van der Waals surface area contributed by atoms with E-state index in [1.807, 2.05) is 0 Å². The molecule has 0 amide bonds. The van der Waals surface area contributed by atoms with E-state index in [0.29, 0.717) is 11.4 Å². The van der Waals surface area contributed by atoms with Crippen molar-refractivity contribution in [1.29, 1.82) is 0 Å². The van der Waals surface area contributed by atoms with Crippen LogP contribution in [0.25, 0.3) is 0 Å². The SMILES string of the molecule is CCOC(=O)C(c1cccc(F)c1)c1ncnn1C.